The number of aryl methyl sites for hydroxylation is 1. The molecule has 0 amide bonds. The molecular formula is C13H11NO. The fourth-order valence-corrected chi connectivity index (χ4v) is 1.76. The van der Waals surface area contributed by atoms with Gasteiger partial charge in [0.15, 0.2) is 5.76 Å². The fraction of sp³-hybridized carbons (Fsp3) is 0.0769. The standard InChI is InChI=1S/C13H11NO/c1-9-6-11(14-8-9)13-7-10-4-2-3-5-12(10)15-13/h2-8,14H,1H3. The molecule has 3 aromatic rings. The second-order valence-electron chi connectivity index (χ2n) is 3.74. The lowest BCUT2D eigenvalue weighted by Gasteiger charge is -1.88. The summed E-state index contributed by atoms with van der Waals surface area (Å²) in [5, 5.41) is 1.14. The predicted molar refractivity (Wildman–Crippen MR) is 60.7 cm³/mol. The summed E-state index contributed by atoms with van der Waals surface area (Å²) in [6.07, 6.45) is 1.97. The van der Waals surface area contributed by atoms with Gasteiger partial charge in [0.25, 0.3) is 0 Å². The predicted octanol–water partition coefficient (Wildman–Crippen LogP) is 3.74. The van der Waals surface area contributed by atoms with Crippen LogP contribution in [-0.4, -0.2) is 4.98 Å². The maximum Gasteiger partial charge on any atom is 0.151 e. The van der Waals surface area contributed by atoms with E-state index in [1.807, 2.05) is 24.4 Å². The summed E-state index contributed by atoms with van der Waals surface area (Å²) >= 11 is 0. The Morgan fingerprint density at radius 3 is 2.73 bits per heavy atom. The fourth-order valence-electron chi connectivity index (χ4n) is 1.76. The average Bonchev–Trinajstić information content (AvgIpc) is 2.82. The molecule has 0 aliphatic rings. The number of hydrogen-bond acceptors (Lipinski definition) is 1. The number of fused-ring (bicyclic) bond motifs is 1. The van der Waals surface area contributed by atoms with E-state index in [2.05, 4.69) is 30.1 Å². The van der Waals surface area contributed by atoms with Crippen molar-refractivity contribution in [3.05, 3.63) is 48.2 Å². The molecule has 2 heteroatoms. The van der Waals surface area contributed by atoms with Crippen LogP contribution in [0, 0.1) is 6.92 Å². The van der Waals surface area contributed by atoms with Crippen molar-refractivity contribution in [2.24, 2.45) is 0 Å². The van der Waals surface area contributed by atoms with Crippen LogP contribution in [0.3, 0.4) is 0 Å². The van der Waals surface area contributed by atoms with E-state index in [1.54, 1.807) is 0 Å². The minimum absolute atomic E-state index is 0.893. The van der Waals surface area contributed by atoms with Crippen molar-refractivity contribution >= 4 is 11.0 Å². The first-order valence-corrected chi connectivity index (χ1v) is 4.97. The summed E-state index contributed by atoms with van der Waals surface area (Å²) in [4.78, 5) is 3.19. The van der Waals surface area contributed by atoms with Crippen LogP contribution in [0.2, 0.25) is 0 Å². The Hall–Kier alpha value is -1.96. The van der Waals surface area contributed by atoms with E-state index in [9.17, 15) is 0 Å². The molecule has 1 aromatic carbocycles. The lowest BCUT2D eigenvalue weighted by molar-refractivity contribution is 0.629. The van der Waals surface area contributed by atoms with Gasteiger partial charge in [-0.15, -0.1) is 0 Å². The van der Waals surface area contributed by atoms with Crippen LogP contribution in [0.25, 0.3) is 22.4 Å². The summed E-state index contributed by atoms with van der Waals surface area (Å²) in [6.45, 7) is 2.06. The molecule has 0 unspecified atom stereocenters. The van der Waals surface area contributed by atoms with Gasteiger partial charge in [-0.2, -0.15) is 0 Å². The summed E-state index contributed by atoms with van der Waals surface area (Å²) in [5.41, 5.74) is 3.17. The zero-order chi connectivity index (χ0) is 10.3. The lowest BCUT2D eigenvalue weighted by Crippen LogP contribution is -1.68. The van der Waals surface area contributed by atoms with Gasteiger partial charge >= 0.3 is 0 Å². The lowest BCUT2D eigenvalue weighted by atomic mass is 10.2. The van der Waals surface area contributed by atoms with Crippen molar-refractivity contribution in [3.8, 4) is 11.5 Å². The largest absolute Gasteiger partial charge is 0.455 e. The summed E-state index contributed by atoms with van der Waals surface area (Å²) in [7, 11) is 0. The SMILES string of the molecule is Cc1c[nH]c(-c2cc3ccccc3o2)c1. The molecule has 74 valence electrons. The zero-order valence-corrected chi connectivity index (χ0v) is 8.45. The van der Waals surface area contributed by atoms with Crippen molar-refractivity contribution in [1.29, 1.82) is 0 Å². The molecule has 0 saturated carbocycles. The van der Waals surface area contributed by atoms with Crippen LogP contribution < -0.4 is 0 Å². The van der Waals surface area contributed by atoms with Gasteiger partial charge in [-0.1, -0.05) is 18.2 Å². The molecule has 0 saturated heterocycles. The van der Waals surface area contributed by atoms with Crippen LogP contribution in [0.15, 0.2) is 47.0 Å². The monoisotopic (exact) mass is 197 g/mol. The summed E-state index contributed by atoms with van der Waals surface area (Å²) in [5.74, 6) is 0.893. The number of furan rings is 1. The topological polar surface area (TPSA) is 28.9 Å². The number of para-hydroxylation sites is 1. The van der Waals surface area contributed by atoms with E-state index >= 15 is 0 Å². The number of nitrogens with one attached hydrogen (secondary N) is 1. The Bertz CT molecular complexity index is 571. The van der Waals surface area contributed by atoms with Crippen LogP contribution >= 0.6 is 0 Å². The molecule has 2 heterocycles. The number of benzene rings is 1. The first kappa shape index (κ1) is 8.36. The van der Waals surface area contributed by atoms with E-state index in [0.29, 0.717) is 0 Å². The number of aromatic amines is 1. The van der Waals surface area contributed by atoms with Gasteiger partial charge in [-0.25, -0.2) is 0 Å². The molecular weight excluding hydrogens is 186 g/mol. The molecule has 15 heavy (non-hydrogen) atoms. The molecule has 0 bridgehead atoms. The Balaban J connectivity index is 2.19. The maximum atomic E-state index is 5.74. The number of hydrogen-bond donors (Lipinski definition) is 1. The minimum atomic E-state index is 0.893. The highest BCUT2D eigenvalue weighted by atomic mass is 16.3. The molecule has 2 aromatic heterocycles. The number of rotatable bonds is 1. The normalized spacial score (nSPS) is 11.0. The van der Waals surface area contributed by atoms with Crippen LogP contribution in [0.5, 0.6) is 0 Å². The highest BCUT2D eigenvalue weighted by Crippen LogP contribution is 2.26. The van der Waals surface area contributed by atoms with Gasteiger partial charge in [0, 0.05) is 11.6 Å². The third-order valence-electron chi connectivity index (χ3n) is 2.52. The van der Waals surface area contributed by atoms with Gasteiger partial charge in [0.1, 0.15) is 5.58 Å². The highest BCUT2D eigenvalue weighted by molar-refractivity contribution is 5.82. The van der Waals surface area contributed by atoms with Crippen molar-refractivity contribution < 1.29 is 4.42 Å². The molecule has 0 radical (unpaired) electrons. The number of aromatic nitrogens is 1. The Labute approximate surface area is 87.5 Å². The first-order chi connectivity index (χ1) is 7.33. The van der Waals surface area contributed by atoms with Gasteiger partial charge in [0.05, 0.1) is 5.69 Å². The molecule has 0 atom stereocenters. The Morgan fingerprint density at radius 2 is 2.00 bits per heavy atom. The van der Waals surface area contributed by atoms with Crippen molar-refractivity contribution in [1.82, 2.24) is 4.98 Å². The van der Waals surface area contributed by atoms with Crippen molar-refractivity contribution in [3.63, 3.8) is 0 Å². The van der Waals surface area contributed by atoms with Crippen molar-refractivity contribution in [2.75, 3.05) is 0 Å². The number of H-pyrrole nitrogens is 1. The van der Waals surface area contributed by atoms with Crippen LogP contribution in [0.4, 0.5) is 0 Å². The second kappa shape index (κ2) is 3.02. The summed E-state index contributed by atoms with van der Waals surface area (Å²) < 4.78 is 5.74. The molecule has 0 fully saturated rings. The van der Waals surface area contributed by atoms with Gasteiger partial charge in [0.2, 0.25) is 0 Å². The van der Waals surface area contributed by atoms with Gasteiger partial charge in [-0.3, -0.25) is 0 Å². The smallest absolute Gasteiger partial charge is 0.151 e. The second-order valence-corrected chi connectivity index (χ2v) is 3.74. The molecule has 3 rings (SSSR count). The third-order valence-corrected chi connectivity index (χ3v) is 2.52. The van der Waals surface area contributed by atoms with E-state index in [1.165, 1.54) is 5.56 Å². The average molecular weight is 197 g/mol. The molecule has 0 aliphatic heterocycles. The molecule has 1 N–H and O–H groups in total. The molecule has 0 spiro atoms. The maximum absolute atomic E-state index is 5.74. The van der Waals surface area contributed by atoms with Crippen LogP contribution in [-0.2, 0) is 0 Å². The third kappa shape index (κ3) is 1.34. The van der Waals surface area contributed by atoms with Crippen molar-refractivity contribution in [2.45, 2.75) is 6.92 Å². The summed E-state index contributed by atoms with van der Waals surface area (Å²) in [6, 6.07) is 12.2. The van der Waals surface area contributed by atoms with Gasteiger partial charge in [-0.05, 0) is 30.7 Å². The Kier molecular flexibility index (Phi) is 1.68. The van der Waals surface area contributed by atoms with Gasteiger partial charge < -0.3 is 9.40 Å². The van der Waals surface area contributed by atoms with Crippen LogP contribution in [0.1, 0.15) is 5.56 Å². The van der Waals surface area contributed by atoms with E-state index in [0.717, 1.165) is 22.4 Å². The van der Waals surface area contributed by atoms with E-state index < -0.39 is 0 Å². The Morgan fingerprint density at radius 1 is 1.13 bits per heavy atom. The quantitative estimate of drug-likeness (QED) is 0.632. The zero-order valence-electron chi connectivity index (χ0n) is 8.45. The van der Waals surface area contributed by atoms with E-state index in [4.69, 9.17) is 4.42 Å². The van der Waals surface area contributed by atoms with E-state index in [-0.39, 0.29) is 0 Å². The molecule has 0 aliphatic carbocycles. The highest BCUT2D eigenvalue weighted by Gasteiger charge is 2.06. The molecule has 2 nitrogen and oxygen atoms in total. The minimum Gasteiger partial charge on any atom is -0.455 e. The first-order valence-electron chi connectivity index (χ1n) is 4.97.